The monoisotopic (exact) mass is 623 g/mol. The molecule has 0 aliphatic heterocycles. The summed E-state index contributed by atoms with van der Waals surface area (Å²) in [5.74, 6) is 3.83. The predicted molar refractivity (Wildman–Crippen MR) is 194 cm³/mol. The second kappa shape index (κ2) is 17.2. The quantitative estimate of drug-likeness (QED) is 0.200. The molecule has 256 valence electrons. The molecule has 0 heterocycles. The zero-order valence-electron chi connectivity index (χ0n) is 31.9. The Morgan fingerprint density at radius 2 is 1.38 bits per heavy atom. The summed E-state index contributed by atoms with van der Waals surface area (Å²) in [5.41, 5.74) is 6.68. The molecule has 1 fully saturated rings. The van der Waals surface area contributed by atoms with E-state index in [9.17, 15) is 14.4 Å². The molecule has 0 spiro atoms. The standard InChI is InChI=1S/2C14H24O.C14H22O/c3*1-10-6-7-11(2)14(4,5)13(10)9-8-12(3)15/h11H,6-9H2,1-5H3;11,13H,1,6-9H2,2-5H3;6,8-9,11,13H,7H2,1-5H3/b;;9-8+. The Morgan fingerprint density at radius 1 is 0.822 bits per heavy atom. The van der Waals surface area contributed by atoms with E-state index in [0.717, 1.165) is 37.5 Å². The van der Waals surface area contributed by atoms with Crippen LogP contribution in [0.5, 0.6) is 0 Å². The van der Waals surface area contributed by atoms with E-state index >= 15 is 0 Å². The molecule has 0 radical (unpaired) electrons. The molecule has 0 amide bonds. The number of allylic oxidation sites excluding steroid dienone is 7. The van der Waals surface area contributed by atoms with Crippen molar-refractivity contribution in [2.75, 3.05) is 0 Å². The van der Waals surface area contributed by atoms with Crippen LogP contribution in [0.3, 0.4) is 0 Å². The van der Waals surface area contributed by atoms with Gasteiger partial charge in [0, 0.05) is 18.8 Å². The third-order valence-electron chi connectivity index (χ3n) is 12.4. The van der Waals surface area contributed by atoms with Crippen molar-refractivity contribution in [1.82, 2.24) is 0 Å². The zero-order valence-corrected chi connectivity index (χ0v) is 31.9. The SMILES string of the molecule is C=C1CCC(C)C(C)(C)C1CCC(C)=O.CC(=O)/C=C/C1C(C)=CCC(C)C1(C)C.CC(=O)CCC1=C(C)CCC(C)C1(C)C. The highest BCUT2D eigenvalue weighted by molar-refractivity contribution is 5.87. The van der Waals surface area contributed by atoms with Crippen molar-refractivity contribution in [3.8, 4) is 0 Å². The number of Topliss-reactive ketones (excluding diaryl/α,β-unsaturated/α-hetero) is 2. The second-order valence-corrected chi connectivity index (χ2v) is 16.7. The number of carbonyl (C=O) groups is 3. The third-order valence-corrected chi connectivity index (χ3v) is 12.4. The van der Waals surface area contributed by atoms with Crippen LogP contribution >= 0.6 is 0 Å². The molecule has 0 saturated heterocycles. The fourth-order valence-corrected chi connectivity index (χ4v) is 7.69. The van der Waals surface area contributed by atoms with Crippen molar-refractivity contribution in [2.24, 2.45) is 45.8 Å². The normalized spacial score (nSPS) is 28.7. The molecule has 0 aromatic rings. The molecule has 3 nitrogen and oxygen atoms in total. The molecular formula is C42H70O3. The molecule has 1 saturated carbocycles. The molecule has 3 rings (SSSR count). The Morgan fingerprint density at radius 3 is 1.91 bits per heavy atom. The van der Waals surface area contributed by atoms with Crippen LogP contribution in [0.4, 0.5) is 0 Å². The van der Waals surface area contributed by atoms with Crippen LogP contribution in [0, 0.1) is 45.8 Å². The minimum atomic E-state index is 0.136. The van der Waals surface area contributed by atoms with E-state index in [1.54, 1.807) is 26.8 Å². The minimum Gasteiger partial charge on any atom is -0.300 e. The number of rotatable bonds is 8. The summed E-state index contributed by atoms with van der Waals surface area (Å²) in [4.78, 5) is 33.1. The zero-order chi connectivity index (χ0) is 34.9. The number of ketones is 3. The van der Waals surface area contributed by atoms with Gasteiger partial charge >= 0.3 is 0 Å². The Hall–Kier alpha value is -2.03. The van der Waals surface area contributed by atoms with Crippen LogP contribution < -0.4 is 0 Å². The van der Waals surface area contributed by atoms with Crippen molar-refractivity contribution >= 4 is 17.3 Å². The maximum atomic E-state index is 11.1. The first-order valence-corrected chi connectivity index (χ1v) is 17.8. The van der Waals surface area contributed by atoms with Crippen LogP contribution in [0.25, 0.3) is 0 Å². The topological polar surface area (TPSA) is 51.2 Å². The lowest BCUT2D eigenvalue weighted by Gasteiger charge is -2.45. The van der Waals surface area contributed by atoms with Crippen LogP contribution in [0.15, 0.2) is 47.1 Å². The van der Waals surface area contributed by atoms with Crippen molar-refractivity contribution < 1.29 is 14.4 Å². The number of hydrogen-bond acceptors (Lipinski definition) is 3. The molecule has 0 N–H and O–H groups in total. The molecule has 3 aliphatic rings. The summed E-state index contributed by atoms with van der Waals surface area (Å²) in [7, 11) is 0. The van der Waals surface area contributed by atoms with Gasteiger partial charge in [-0.2, -0.15) is 0 Å². The van der Waals surface area contributed by atoms with E-state index in [1.807, 2.05) is 0 Å². The van der Waals surface area contributed by atoms with Gasteiger partial charge in [-0.3, -0.25) is 4.79 Å². The Balaban J connectivity index is 0.000000337. The Bertz CT molecular complexity index is 1140. The van der Waals surface area contributed by atoms with Gasteiger partial charge < -0.3 is 9.59 Å². The number of hydrogen-bond donors (Lipinski definition) is 0. The first kappa shape index (κ1) is 41.0. The highest BCUT2D eigenvalue weighted by atomic mass is 16.1. The van der Waals surface area contributed by atoms with Crippen LogP contribution in [-0.4, -0.2) is 17.3 Å². The van der Waals surface area contributed by atoms with Crippen molar-refractivity contribution in [3.05, 3.63) is 47.1 Å². The van der Waals surface area contributed by atoms with Gasteiger partial charge in [0.25, 0.3) is 0 Å². The lowest BCUT2D eigenvalue weighted by atomic mass is 9.60. The van der Waals surface area contributed by atoms with E-state index < -0.39 is 0 Å². The molecule has 5 unspecified atom stereocenters. The highest BCUT2D eigenvalue weighted by Crippen LogP contribution is 2.49. The molecule has 0 aromatic carbocycles. The molecule has 3 aliphatic carbocycles. The number of carbonyl (C=O) groups excluding carboxylic acids is 3. The lowest BCUT2D eigenvalue weighted by molar-refractivity contribution is -0.118. The summed E-state index contributed by atoms with van der Waals surface area (Å²) in [6.07, 6.45) is 15.5. The average molecular weight is 623 g/mol. The average Bonchev–Trinajstić information content (AvgIpc) is 2.91. The van der Waals surface area contributed by atoms with E-state index in [0.29, 0.717) is 47.6 Å². The van der Waals surface area contributed by atoms with Gasteiger partial charge in [0.2, 0.25) is 0 Å². The minimum absolute atomic E-state index is 0.136. The highest BCUT2D eigenvalue weighted by Gasteiger charge is 2.39. The summed E-state index contributed by atoms with van der Waals surface area (Å²) < 4.78 is 0. The van der Waals surface area contributed by atoms with Crippen LogP contribution in [0.1, 0.15) is 155 Å². The molecule has 5 atom stereocenters. The van der Waals surface area contributed by atoms with E-state index in [4.69, 9.17) is 0 Å². The maximum Gasteiger partial charge on any atom is 0.152 e. The van der Waals surface area contributed by atoms with Crippen LogP contribution in [-0.2, 0) is 14.4 Å². The van der Waals surface area contributed by atoms with Gasteiger partial charge in [-0.1, -0.05) is 103 Å². The second-order valence-electron chi connectivity index (χ2n) is 16.7. The van der Waals surface area contributed by atoms with Gasteiger partial charge in [0.15, 0.2) is 5.78 Å². The van der Waals surface area contributed by atoms with Crippen molar-refractivity contribution in [1.29, 1.82) is 0 Å². The summed E-state index contributed by atoms with van der Waals surface area (Å²) in [5, 5.41) is 0. The fourth-order valence-electron chi connectivity index (χ4n) is 7.69. The predicted octanol–water partition coefficient (Wildman–Crippen LogP) is 11.9. The van der Waals surface area contributed by atoms with E-state index in [2.05, 4.69) is 94.9 Å². The first-order chi connectivity index (χ1) is 20.6. The summed E-state index contributed by atoms with van der Waals surface area (Å²) >= 11 is 0. The van der Waals surface area contributed by atoms with Gasteiger partial charge in [-0.15, -0.1) is 0 Å². The van der Waals surface area contributed by atoms with Crippen molar-refractivity contribution in [3.63, 3.8) is 0 Å². The largest absolute Gasteiger partial charge is 0.300 e. The van der Waals surface area contributed by atoms with E-state index in [-0.39, 0.29) is 16.6 Å². The van der Waals surface area contributed by atoms with Crippen molar-refractivity contribution in [2.45, 2.75) is 155 Å². The van der Waals surface area contributed by atoms with Gasteiger partial charge in [0.05, 0.1) is 0 Å². The molecule has 0 bridgehead atoms. The van der Waals surface area contributed by atoms with Gasteiger partial charge in [-0.25, -0.2) is 0 Å². The maximum absolute atomic E-state index is 11.1. The van der Waals surface area contributed by atoms with Crippen LogP contribution in [0.2, 0.25) is 0 Å². The Labute approximate surface area is 278 Å². The molecular weight excluding hydrogens is 552 g/mol. The first-order valence-electron chi connectivity index (χ1n) is 17.8. The third kappa shape index (κ3) is 11.6. The molecule has 0 aromatic heterocycles. The molecule has 45 heavy (non-hydrogen) atoms. The smallest absolute Gasteiger partial charge is 0.152 e. The fraction of sp³-hybridized carbons (Fsp3) is 0.738. The van der Waals surface area contributed by atoms with Gasteiger partial charge in [-0.05, 0) is 126 Å². The summed E-state index contributed by atoms with van der Waals surface area (Å²) in [6.45, 7) is 34.4. The summed E-state index contributed by atoms with van der Waals surface area (Å²) in [6, 6.07) is 0. The lowest BCUT2D eigenvalue weighted by Crippen LogP contribution is -2.36. The van der Waals surface area contributed by atoms with E-state index in [1.165, 1.54) is 41.6 Å². The molecule has 3 heteroatoms. The van der Waals surface area contributed by atoms with Gasteiger partial charge in [0.1, 0.15) is 11.6 Å². The Kier molecular flexibility index (Phi) is 15.7.